The number of hydrogen-bond acceptors (Lipinski definition) is 3. The summed E-state index contributed by atoms with van der Waals surface area (Å²) in [6.45, 7) is 4.93. The van der Waals surface area contributed by atoms with E-state index < -0.39 is 0 Å². The number of carbonyl (C=O) groups is 2. The molecule has 26 heavy (non-hydrogen) atoms. The molecule has 1 aliphatic heterocycles. The second-order valence-corrected chi connectivity index (χ2v) is 6.44. The average molecular weight is 352 g/mol. The van der Waals surface area contributed by atoms with Crippen LogP contribution in [0.1, 0.15) is 47.3 Å². The standard InChI is InChI=1S/C21H24N2O3/c1-3-26-20(24)16-10-12-17(13-11-16)22-21(25)23-14-6-9-19(23)18-8-5-4-7-15(18)2/h4-5,7-8,10-13,19H,3,6,9,14H2,1-2H3,(H,22,25)/t19-/m1/s1. The Kier molecular flexibility index (Phi) is 5.56. The maximum absolute atomic E-state index is 12.8. The lowest BCUT2D eigenvalue weighted by molar-refractivity contribution is 0.0526. The minimum atomic E-state index is -0.357. The molecule has 0 spiro atoms. The van der Waals surface area contributed by atoms with E-state index in [1.165, 1.54) is 11.1 Å². The molecule has 0 unspecified atom stereocenters. The summed E-state index contributed by atoms with van der Waals surface area (Å²) in [5.74, 6) is -0.357. The summed E-state index contributed by atoms with van der Waals surface area (Å²) in [5, 5.41) is 2.94. The smallest absolute Gasteiger partial charge is 0.338 e. The molecule has 0 aromatic heterocycles. The van der Waals surface area contributed by atoms with E-state index in [0.29, 0.717) is 17.9 Å². The summed E-state index contributed by atoms with van der Waals surface area (Å²) in [4.78, 5) is 26.3. The van der Waals surface area contributed by atoms with E-state index in [-0.39, 0.29) is 18.0 Å². The first kappa shape index (κ1) is 18.0. The number of rotatable bonds is 4. The van der Waals surface area contributed by atoms with E-state index in [4.69, 9.17) is 4.74 Å². The van der Waals surface area contributed by atoms with Gasteiger partial charge in [0.15, 0.2) is 0 Å². The number of esters is 1. The zero-order chi connectivity index (χ0) is 18.5. The molecule has 1 saturated heterocycles. The van der Waals surface area contributed by atoms with E-state index in [1.807, 2.05) is 17.0 Å². The molecule has 1 fully saturated rings. The molecule has 3 rings (SSSR count). The van der Waals surface area contributed by atoms with Gasteiger partial charge in [0.05, 0.1) is 18.2 Å². The number of urea groups is 1. The molecular weight excluding hydrogens is 328 g/mol. The molecule has 2 aromatic carbocycles. The molecule has 1 heterocycles. The van der Waals surface area contributed by atoms with Crippen molar-refractivity contribution < 1.29 is 14.3 Å². The molecular formula is C21H24N2O3. The van der Waals surface area contributed by atoms with Crippen molar-refractivity contribution in [2.24, 2.45) is 0 Å². The number of hydrogen-bond donors (Lipinski definition) is 1. The number of amides is 2. The lowest BCUT2D eigenvalue weighted by Crippen LogP contribution is -2.34. The fraction of sp³-hybridized carbons (Fsp3) is 0.333. The van der Waals surface area contributed by atoms with Crippen LogP contribution in [0, 0.1) is 6.92 Å². The van der Waals surface area contributed by atoms with Crippen LogP contribution < -0.4 is 5.32 Å². The number of carbonyl (C=O) groups excluding carboxylic acids is 2. The number of ether oxygens (including phenoxy) is 1. The first-order valence-corrected chi connectivity index (χ1v) is 9.00. The van der Waals surface area contributed by atoms with Crippen LogP contribution >= 0.6 is 0 Å². The van der Waals surface area contributed by atoms with Crippen LogP contribution in [0.15, 0.2) is 48.5 Å². The highest BCUT2D eigenvalue weighted by atomic mass is 16.5. The Morgan fingerprint density at radius 2 is 1.88 bits per heavy atom. The van der Waals surface area contributed by atoms with Crippen LogP contribution in [0.25, 0.3) is 0 Å². The van der Waals surface area contributed by atoms with Gasteiger partial charge in [0, 0.05) is 12.2 Å². The normalized spacial score (nSPS) is 16.4. The molecule has 0 saturated carbocycles. The first-order chi connectivity index (χ1) is 12.6. The molecule has 2 amide bonds. The van der Waals surface area contributed by atoms with Gasteiger partial charge in [0.1, 0.15) is 0 Å². The van der Waals surface area contributed by atoms with Gasteiger partial charge in [-0.2, -0.15) is 0 Å². The minimum Gasteiger partial charge on any atom is -0.462 e. The van der Waals surface area contributed by atoms with E-state index in [9.17, 15) is 9.59 Å². The van der Waals surface area contributed by atoms with Crippen LogP contribution in [0.2, 0.25) is 0 Å². The zero-order valence-electron chi connectivity index (χ0n) is 15.2. The summed E-state index contributed by atoms with van der Waals surface area (Å²) in [7, 11) is 0. The predicted octanol–water partition coefficient (Wildman–Crippen LogP) is 4.54. The van der Waals surface area contributed by atoms with Crippen LogP contribution in [-0.2, 0) is 4.74 Å². The van der Waals surface area contributed by atoms with Crippen LogP contribution in [-0.4, -0.2) is 30.1 Å². The van der Waals surface area contributed by atoms with Crippen molar-refractivity contribution in [1.29, 1.82) is 0 Å². The van der Waals surface area contributed by atoms with Crippen molar-refractivity contribution in [3.05, 3.63) is 65.2 Å². The van der Waals surface area contributed by atoms with Gasteiger partial charge in [-0.25, -0.2) is 9.59 Å². The summed E-state index contributed by atoms with van der Waals surface area (Å²) in [5.41, 5.74) is 3.55. The average Bonchev–Trinajstić information content (AvgIpc) is 3.12. The van der Waals surface area contributed by atoms with Crippen molar-refractivity contribution >= 4 is 17.7 Å². The van der Waals surface area contributed by atoms with Crippen molar-refractivity contribution in [3.8, 4) is 0 Å². The van der Waals surface area contributed by atoms with Crippen molar-refractivity contribution in [2.75, 3.05) is 18.5 Å². The fourth-order valence-corrected chi connectivity index (χ4v) is 3.39. The number of likely N-dealkylation sites (tertiary alicyclic amines) is 1. The molecule has 2 aromatic rings. The van der Waals surface area contributed by atoms with E-state index in [2.05, 4.69) is 24.4 Å². The van der Waals surface area contributed by atoms with Gasteiger partial charge < -0.3 is 15.0 Å². The number of nitrogens with one attached hydrogen (secondary N) is 1. The monoisotopic (exact) mass is 352 g/mol. The molecule has 5 heteroatoms. The van der Waals surface area contributed by atoms with Crippen LogP contribution in [0.4, 0.5) is 10.5 Å². The second kappa shape index (κ2) is 8.04. The van der Waals surface area contributed by atoms with E-state index in [0.717, 1.165) is 19.4 Å². The summed E-state index contributed by atoms with van der Waals surface area (Å²) in [6, 6.07) is 15.0. The number of nitrogens with zero attached hydrogens (tertiary/aromatic N) is 1. The highest BCUT2D eigenvalue weighted by molar-refractivity contribution is 5.92. The summed E-state index contributed by atoms with van der Waals surface area (Å²) in [6.07, 6.45) is 1.97. The van der Waals surface area contributed by atoms with Gasteiger partial charge in [0.25, 0.3) is 0 Å². The zero-order valence-corrected chi connectivity index (χ0v) is 15.2. The molecule has 1 atom stereocenters. The molecule has 1 N–H and O–H groups in total. The first-order valence-electron chi connectivity index (χ1n) is 9.00. The Morgan fingerprint density at radius 3 is 2.58 bits per heavy atom. The predicted molar refractivity (Wildman–Crippen MR) is 101 cm³/mol. The molecule has 1 aliphatic rings. The van der Waals surface area contributed by atoms with Gasteiger partial charge in [-0.05, 0) is 62.1 Å². The Morgan fingerprint density at radius 1 is 1.15 bits per heavy atom. The van der Waals surface area contributed by atoms with Gasteiger partial charge in [-0.15, -0.1) is 0 Å². The Bertz CT molecular complexity index is 786. The van der Waals surface area contributed by atoms with Crippen molar-refractivity contribution in [3.63, 3.8) is 0 Å². The number of aryl methyl sites for hydroxylation is 1. The van der Waals surface area contributed by atoms with Crippen LogP contribution in [0.3, 0.4) is 0 Å². The minimum absolute atomic E-state index is 0.106. The molecule has 0 radical (unpaired) electrons. The fourth-order valence-electron chi connectivity index (χ4n) is 3.39. The highest BCUT2D eigenvalue weighted by Gasteiger charge is 2.30. The molecule has 136 valence electrons. The summed E-state index contributed by atoms with van der Waals surface area (Å²) >= 11 is 0. The SMILES string of the molecule is CCOC(=O)c1ccc(NC(=O)N2CCC[C@@H]2c2ccccc2C)cc1. The third-order valence-corrected chi connectivity index (χ3v) is 4.71. The highest BCUT2D eigenvalue weighted by Crippen LogP contribution is 2.34. The van der Waals surface area contributed by atoms with Gasteiger partial charge in [-0.1, -0.05) is 24.3 Å². The van der Waals surface area contributed by atoms with Gasteiger partial charge in [0.2, 0.25) is 0 Å². The molecule has 0 bridgehead atoms. The maximum Gasteiger partial charge on any atom is 0.338 e. The lowest BCUT2D eigenvalue weighted by Gasteiger charge is -2.26. The van der Waals surface area contributed by atoms with Gasteiger partial charge in [-0.3, -0.25) is 0 Å². The molecule has 0 aliphatic carbocycles. The van der Waals surface area contributed by atoms with Crippen molar-refractivity contribution in [2.45, 2.75) is 32.7 Å². The summed E-state index contributed by atoms with van der Waals surface area (Å²) < 4.78 is 4.97. The number of anilines is 1. The molecule has 5 nitrogen and oxygen atoms in total. The van der Waals surface area contributed by atoms with Crippen LogP contribution in [0.5, 0.6) is 0 Å². The largest absolute Gasteiger partial charge is 0.462 e. The number of benzene rings is 2. The Hall–Kier alpha value is -2.82. The Balaban J connectivity index is 1.69. The quantitative estimate of drug-likeness (QED) is 0.822. The van der Waals surface area contributed by atoms with Crippen molar-refractivity contribution in [1.82, 2.24) is 4.90 Å². The lowest BCUT2D eigenvalue weighted by atomic mass is 9.99. The third kappa shape index (κ3) is 3.87. The second-order valence-electron chi connectivity index (χ2n) is 6.44. The maximum atomic E-state index is 12.8. The Labute approximate surface area is 154 Å². The van der Waals surface area contributed by atoms with Gasteiger partial charge >= 0.3 is 12.0 Å². The topological polar surface area (TPSA) is 58.6 Å². The van der Waals surface area contributed by atoms with E-state index in [1.54, 1.807) is 31.2 Å². The third-order valence-electron chi connectivity index (χ3n) is 4.71. The van der Waals surface area contributed by atoms with E-state index >= 15 is 0 Å².